The van der Waals surface area contributed by atoms with Crippen LogP contribution in [0.4, 0.5) is 5.69 Å². The lowest BCUT2D eigenvalue weighted by atomic mass is 10.2. The Morgan fingerprint density at radius 1 is 1.09 bits per heavy atom. The van der Waals surface area contributed by atoms with E-state index in [1.54, 1.807) is 6.20 Å². The van der Waals surface area contributed by atoms with Gasteiger partial charge in [-0.15, -0.1) is 5.10 Å². The van der Waals surface area contributed by atoms with Crippen LogP contribution in [0, 0.1) is 0 Å². The molecule has 110 valence electrons. The lowest BCUT2D eigenvalue weighted by Crippen LogP contribution is -2.19. The number of benzene rings is 2. The van der Waals surface area contributed by atoms with Crippen LogP contribution in [0.15, 0.2) is 65.3 Å². The summed E-state index contributed by atoms with van der Waals surface area (Å²) in [5.41, 5.74) is 2.47. The van der Waals surface area contributed by atoms with Crippen LogP contribution >= 0.6 is 15.9 Å². The monoisotopic (exact) mass is 356 g/mol. The minimum atomic E-state index is -0.146. The Hall–Kier alpha value is -2.47. The van der Waals surface area contributed by atoms with Crippen LogP contribution in [0.25, 0.3) is 11.3 Å². The quantitative estimate of drug-likeness (QED) is 0.779. The number of halogens is 1. The van der Waals surface area contributed by atoms with E-state index in [9.17, 15) is 4.79 Å². The van der Waals surface area contributed by atoms with Crippen molar-refractivity contribution in [2.75, 3.05) is 5.32 Å². The molecule has 1 amide bonds. The lowest BCUT2D eigenvalue weighted by Gasteiger charge is -2.04. The Morgan fingerprint density at radius 3 is 2.55 bits per heavy atom. The van der Waals surface area contributed by atoms with Crippen molar-refractivity contribution in [2.24, 2.45) is 0 Å². The van der Waals surface area contributed by atoms with Crippen molar-refractivity contribution in [3.8, 4) is 11.3 Å². The van der Waals surface area contributed by atoms with E-state index in [2.05, 4.69) is 31.6 Å². The van der Waals surface area contributed by atoms with E-state index in [0.717, 1.165) is 21.4 Å². The molecule has 0 spiro atoms. The minimum absolute atomic E-state index is 0.121. The highest BCUT2D eigenvalue weighted by molar-refractivity contribution is 9.10. The summed E-state index contributed by atoms with van der Waals surface area (Å²) in [6.45, 7) is 0.121. The highest BCUT2D eigenvalue weighted by Crippen LogP contribution is 2.16. The molecule has 0 saturated heterocycles. The van der Waals surface area contributed by atoms with E-state index in [4.69, 9.17) is 0 Å². The SMILES string of the molecule is O=C(Cn1cc(-c2ccccc2)nn1)Nc1ccc(Br)cc1. The van der Waals surface area contributed by atoms with Crippen LogP contribution in [0.1, 0.15) is 0 Å². The zero-order valence-electron chi connectivity index (χ0n) is 11.6. The maximum Gasteiger partial charge on any atom is 0.246 e. The van der Waals surface area contributed by atoms with Crippen molar-refractivity contribution < 1.29 is 4.79 Å². The Labute approximate surface area is 136 Å². The van der Waals surface area contributed by atoms with Crippen molar-refractivity contribution >= 4 is 27.5 Å². The number of carbonyl (C=O) groups is 1. The topological polar surface area (TPSA) is 59.8 Å². The first-order chi connectivity index (χ1) is 10.7. The van der Waals surface area contributed by atoms with E-state index in [1.807, 2.05) is 54.6 Å². The van der Waals surface area contributed by atoms with Gasteiger partial charge in [0.15, 0.2) is 0 Å². The predicted molar refractivity (Wildman–Crippen MR) is 88.2 cm³/mol. The van der Waals surface area contributed by atoms with Gasteiger partial charge in [-0.05, 0) is 24.3 Å². The number of carbonyl (C=O) groups excluding carboxylic acids is 1. The summed E-state index contributed by atoms with van der Waals surface area (Å²) in [6.07, 6.45) is 1.76. The second-order valence-electron chi connectivity index (χ2n) is 4.72. The second-order valence-corrected chi connectivity index (χ2v) is 5.64. The highest BCUT2D eigenvalue weighted by atomic mass is 79.9. The van der Waals surface area contributed by atoms with Crippen LogP contribution in [0.3, 0.4) is 0 Å². The number of aromatic nitrogens is 3. The Morgan fingerprint density at radius 2 is 1.82 bits per heavy atom. The molecule has 1 heterocycles. The second kappa shape index (κ2) is 6.53. The molecule has 0 atom stereocenters. The Balaban J connectivity index is 1.65. The maximum atomic E-state index is 12.0. The third-order valence-electron chi connectivity index (χ3n) is 3.04. The van der Waals surface area contributed by atoms with Gasteiger partial charge in [-0.3, -0.25) is 4.79 Å². The minimum Gasteiger partial charge on any atom is -0.324 e. The number of amides is 1. The van der Waals surface area contributed by atoms with Crippen LogP contribution in [0.5, 0.6) is 0 Å². The van der Waals surface area contributed by atoms with Gasteiger partial charge in [0.2, 0.25) is 5.91 Å². The summed E-state index contributed by atoms with van der Waals surface area (Å²) < 4.78 is 2.49. The fourth-order valence-corrected chi connectivity index (χ4v) is 2.26. The molecule has 2 aromatic carbocycles. The summed E-state index contributed by atoms with van der Waals surface area (Å²) in [4.78, 5) is 12.0. The summed E-state index contributed by atoms with van der Waals surface area (Å²) in [7, 11) is 0. The number of nitrogens with one attached hydrogen (secondary N) is 1. The summed E-state index contributed by atoms with van der Waals surface area (Å²) in [5, 5.41) is 10.9. The zero-order chi connectivity index (χ0) is 15.4. The molecule has 0 aliphatic heterocycles. The molecule has 5 nitrogen and oxygen atoms in total. The largest absolute Gasteiger partial charge is 0.324 e. The van der Waals surface area contributed by atoms with Crippen LogP contribution in [-0.2, 0) is 11.3 Å². The molecule has 6 heteroatoms. The van der Waals surface area contributed by atoms with Crippen molar-refractivity contribution in [1.29, 1.82) is 0 Å². The molecule has 0 aliphatic carbocycles. The maximum absolute atomic E-state index is 12.0. The normalized spacial score (nSPS) is 10.4. The summed E-state index contributed by atoms with van der Waals surface area (Å²) in [6, 6.07) is 17.1. The molecule has 3 rings (SSSR count). The number of hydrogen-bond donors (Lipinski definition) is 1. The van der Waals surface area contributed by atoms with Crippen molar-refractivity contribution in [2.45, 2.75) is 6.54 Å². The van der Waals surface area contributed by atoms with Gasteiger partial charge >= 0.3 is 0 Å². The van der Waals surface area contributed by atoms with Gasteiger partial charge in [0.1, 0.15) is 12.2 Å². The fourth-order valence-electron chi connectivity index (χ4n) is 2.00. The molecule has 0 radical (unpaired) electrons. The third kappa shape index (κ3) is 3.59. The van der Waals surface area contributed by atoms with Gasteiger partial charge in [0.05, 0.1) is 6.20 Å². The van der Waals surface area contributed by atoms with E-state index >= 15 is 0 Å². The van der Waals surface area contributed by atoms with E-state index in [0.29, 0.717) is 0 Å². The summed E-state index contributed by atoms with van der Waals surface area (Å²) >= 11 is 3.36. The van der Waals surface area contributed by atoms with E-state index in [-0.39, 0.29) is 12.5 Å². The molecule has 0 fully saturated rings. The molecule has 22 heavy (non-hydrogen) atoms. The van der Waals surface area contributed by atoms with E-state index in [1.165, 1.54) is 4.68 Å². The number of hydrogen-bond acceptors (Lipinski definition) is 3. The standard InChI is InChI=1S/C16H13BrN4O/c17-13-6-8-14(9-7-13)18-16(22)11-21-10-15(19-20-21)12-4-2-1-3-5-12/h1-10H,11H2,(H,18,22). The van der Waals surface area contributed by atoms with Gasteiger partial charge < -0.3 is 5.32 Å². The number of anilines is 1. The summed E-state index contributed by atoms with van der Waals surface area (Å²) in [5.74, 6) is -0.146. The fraction of sp³-hybridized carbons (Fsp3) is 0.0625. The van der Waals surface area contributed by atoms with Crippen LogP contribution in [-0.4, -0.2) is 20.9 Å². The molecular weight excluding hydrogens is 344 g/mol. The van der Waals surface area contributed by atoms with Crippen molar-refractivity contribution in [3.05, 3.63) is 65.3 Å². The first-order valence-corrected chi connectivity index (χ1v) is 7.51. The highest BCUT2D eigenvalue weighted by Gasteiger charge is 2.07. The number of rotatable bonds is 4. The number of nitrogens with zero attached hydrogens (tertiary/aromatic N) is 3. The van der Waals surface area contributed by atoms with Gasteiger partial charge in [0, 0.05) is 15.7 Å². The smallest absolute Gasteiger partial charge is 0.246 e. The molecule has 3 aromatic rings. The molecule has 0 bridgehead atoms. The molecule has 0 saturated carbocycles. The van der Waals surface area contributed by atoms with Gasteiger partial charge in [-0.1, -0.05) is 51.5 Å². The molecule has 1 aromatic heterocycles. The molecule has 0 aliphatic rings. The van der Waals surface area contributed by atoms with Gasteiger partial charge in [-0.25, -0.2) is 4.68 Å². The Kier molecular flexibility index (Phi) is 4.29. The molecule has 1 N–H and O–H groups in total. The molecule has 0 unspecified atom stereocenters. The van der Waals surface area contributed by atoms with Gasteiger partial charge in [0.25, 0.3) is 0 Å². The third-order valence-corrected chi connectivity index (χ3v) is 3.57. The van der Waals surface area contributed by atoms with Crippen molar-refractivity contribution in [1.82, 2.24) is 15.0 Å². The van der Waals surface area contributed by atoms with Crippen molar-refractivity contribution in [3.63, 3.8) is 0 Å². The van der Waals surface area contributed by atoms with Crippen LogP contribution in [0.2, 0.25) is 0 Å². The average molecular weight is 357 g/mol. The van der Waals surface area contributed by atoms with Crippen LogP contribution < -0.4 is 5.32 Å². The molecular formula is C16H13BrN4O. The average Bonchev–Trinajstić information content (AvgIpc) is 2.99. The first-order valence-electron chi connectivity index (χ1n) is 6.72. The van der Waals surface area contributed by atoms with Gasteiger partial charge in [-0.2, -0.15) is 0 Å². The lowest BCUT2D eigenvalue weighted by molar-refractivity contribution is -0.116. The first kappa shape index (κ1) is 14.5. The predicted octanol–water partition coefficient (Wildman–Crippen LogP) is 3.35. The Bertz CT molecular complexity index is 768. The van der Waals surface area contributed by atoms with E-state index < -0.39 is 0 Å². The zero-order valence-corrected chi connectivity index (χ0v) is 13.2.